The Morgan fingerprint density at radius 2 is 2.20 bits per heavy atom. The summed E-state index contributed by atoms with van der Waals surface area (Å²) in [7, 11) is 0. The molecular formula is C11H13ClO3. The van der Waals surface area contributed by atoms with Gasteiger partial charge in [0.1, 0.15) is 0 Å². The molecule has 0 bridgehead atoms. The van der Waals surface area contributed by atoms with Crippen molar-refractivity contribution >= 4 is 17.6 Å². The third-order valence-corrected chi connectivity index (χ3v) is 2.05. The molecule has 0 saturated heterocycles. The zero-order valence-electron chi connectivity index (χ0n) is 8.75. The van der Waals surface area contributed by atoms with Gasteiger partial charge in [-0.2, -0.15) is 0 Å². The van der Waals surface area contributed by atoms with E-state index in [-0.39, 0.29) is 5.97 Å². The molecule has 0 fully saturated rings. The van der Waals surface area contributed by atoms with Crippen LogP contribution in [0.1, 0.15) is 25.3 Å². The highest BCUT2D eigenvalue weighted by Gasteiger charge is 2.06. The van der Waals surface area contributed by atoms with Gasteiger partial charge in [-0.3, -0.25) is 9.78 Å². The van der Waals surface area contributed by atoms with Gasteiger partial charge in [0.25, 0.3) is 0 Å². The van der Waals surface area contributed by atoms with Gasteiger partial charge in [0.2, 0.25) is 0 Å². The fourth-order valence-electron chi connectivity index (χ4n) is 1.04. The summed E-state index contributed by atoms with van der Waals surface area (Å²) in [6.45, 7) is 3.73. The average molecular weight is 229 g/mol. The van der Waals surface area contributed by atoms with Gasteiger partial charge in [0.05, 0.1) is 0 Å². The van der Waals surface area contributed by atoms with E-state index in [4.69, 9.17) is 16.5 Å². The lowest BCUT2D eigenvalue weighted by atomic mass is 10.2. The Morgan fingerprint density at radius 3 is 2.80 bits per heavy atom. The Bertz CT molecular complexity index is 350. The standard InChI is InChI=1S/C11H13ClO3/c1-3-4-11(13)15-14-10-6-5-9(12)7-8(10)2/h5-7H,3-4H2,1-2H3. The van der Waals surface area contributed by atoms with Gasteiger partial charge in [-0.1, -0.05) is 18.5 Å². The fourth-order valence-corrected chi connectivity index (χ4v) is 1.27. The minimum absolute atomic E-state index is 0.354. The second kappa shape index (κ2) is 5.61. The molecule has 1 rings (SSSR count). The lowest BCUT2D eigenvalue weighted by Crippen LogP contribution is -2.07. The first-order valence-electron chi connectivity index (χ1n) is 4.77. The van der Waals surface area contributed by atoms with E-state index in [2.05, 4.69) is 4.89 Å². The molecule has 0 aliphatic rings. The summed E-state index contributed by atoms with van der Waals surface area (Å²) in [5.74, 6) is 0.135. The van der Waals surface area contributed by atoms with E-state index < -0.39 is 0 Å². The highest BCUT2D eigenvalue weighted by molar-refractivity contribution is 6.30. The number of aryl methyl sites for hydroxylation is 1. The third-order valence-electron chi connectivity index (χ3n) is 1.82. The monoisotopic (exact) mass is 228 g/mol. The quantitative estimate of drug-likeness (QED) is 0.586. The van der Waals surface area contributed by atoms with Crippen LogP contribution in [0, 0.1) is 6.92 Å². The van der Waals surface area contributed by atoms with E-state index in [1.807, 2.05) is 13.8 Å². The summed E-state index contributed by atoms with van der Waals surface area (Å²) in [4.78, 5) is 20.5. The summed E-state index contributed by atoms with van der Waals surface area (Å²) < 4.78 is 0. The van der Waals surface area contributed by atoms with Crippen LogP contribution >= 0.6 is 11.6 Å². The van der Waals surface area contributed by atoms with Crippen LogP contribution in [0.5, 0.6) is 5.75 Å². The molecule has 0 aliphatic heterocycles. The van der Waals surface area contributed by atoms with Crippen LogP contribution in [0.3, 0.4) is 0 Å². The summed E-state index contributed by atoms with van der Waals surface area (Å²) in [6, 6.07) is 5.08. The zero-order chi connectivity index (χ0) is 11.3. The molecule has 0 heterocycles. The number of halogens is 1. The number of carbonyl (C=O) groups excluding carboxylic acids is 1. The van der Waals surface area contributed by atoms with Crippen LogP contribution < -0.4 is 4.89 Å². The van der Waals surface area contributed by atoms with Crippen molar-refractivity contribution in [1.29, 1.82) is 0 Å². The number of carbonyl (C=O) groups is 1. The van der Waals surface area contributed by atoms with Gasteiger partial charge in [-0.15, -0.1) is 0 Å². The molecule has 0 unspecified atom stereocenters. The van der Waals surface area contributed by atoms with Crippen molar-refractivity contribution in [2.75, 3.05) is 0 Å². The van der Waals surface area contributed by atoms with Crippen LogP contribution in [0.2, 0.25) is 5.02 Å². The van der Waals surface area contributed by atoms with Crippen molar-refractivity contribution in [1.82, 2.24) is 0 Å². The van der Waals surface area contributed by atoms with E-state index in [1.165, 1.54) is 0 Å². The molecular weight excluding hydrogens is 216 g/mol. The number of hydrogen-bond acceptors (Lipinski definition) is 3. The van der Waals surface area contributed by atoms with E-state index in [0.717, 1.165) is 12.0 Å². The van der Waals surface area contributed by atoms with Crippen LogP contribution in [0.4, 0.5) is 0 Å². The first-order chi connectivity index (χ1) is 7.13. The fraction of sp³-hybridized carbons (Fsp3) is 0.364. The lowest BCUT2D eigenvalue weighted by Gasteiger charge is -2.06. The Balaban J connectivity index is 2.54. The smallest absolute Gasteiger partial charge is 0.287 e. The van der Waals surface area contributed by atoms with Crippen molar-refractivity contribution < 1.29 is 14.6 Å². The molecule has 15 heavy (non-hydrogen) atoms. The molecule has 0 aromatic heterocycles. The topological polar surface area (TPSA) is 35.5 Å². The summed E-state index contributed by atoms with van der Waals surface area (Å²) in [5, 5.41) is 0.625. The maximum absolute atomic E-state index is 11.0. The summed E-state index contributed by atoms with van der Waals surface area (Å²) in [5.41, 5.74) is 0.826. The van der Waals surface area contributed by atoms with Gasteiger partial charge in [0, 0.05) is 11.4 Å². The minimum atomic E-state index is -0.369. The van der Waals surface area contributed by atoms with Crippen LogP contribution in [-0.4, -0.2) is 5.97 Å². The Morgan fingerprint density at radius 1 is 1.47 bits per heavy atom. The number of hydrogen-bond donors (Lipinski definition) is 0. The van der Waals surface area contributed by atoms with E-state index >= 15 is 0 Å². The molecule has 0 saturated carbocycles. The lowest BCUT2D eigenvalue weighted by molar-refractivity contribution is -0.213. The van der Waals surface area contributed by atoms with Crippen molar-refractivity contribution in [3.05, 3.63) is 28.8 Å². The second-order valence-electron chi connectivity index (χ2n) is 3.20. The molecule has 82 valence electrons. The number of benzene rings is 1. The molecule has 0 N–H and O–H groups in total. The van der Waals surface area contributed by atoms with Crippen LogP contribution in [-0.2, 0) is 9.68 Å². The van der Waals surface area contributed by atoms with Gasteiger partial charge >= 0.3 is 5.97 Å². The van der Waals surface area contributed by atoms with Gasteiger partial charge in [0.15, 0.2) is 5.75 Å². The van der Waals surface area contributed by atoms with E-state index in [0.29, 0.717) is 17.2 Å². The highest BCUT2D eigenvalue weighted by Crippen LogP contribution is 2.21. The molecule has 0 radical (unpaired) electrons. The Kier molecular flexibility index (Phi) is 4.43. The maximum Gasteiger partial charge on any atom is 0.355 e. The SMILES string of the molecule is CCCC(=O)OOc1ccc(Cl)cc1C. The second-order valence-corrected chi connectivity index (χ2v) is 3.63. The molecule has 0 aliphatic carbocycles. The first-order valence-corrected chi connectivity index (χ1v) is 5.14. The Hall–Kier alpha value is -1.22. The summed E-state index contributed by atoms with van der Waals surface area (Å²) >= 11 is 5.77. The minimum Gasteiger partial charge on any atom is -0.287 e. The largest absolute Gasteiger partial charge is 0.355 e. The first kappa shape index (κ1) is 11.9. The Labute approximate surface area is 93.9 Å². The van der Waals surface area contributed by atoms with Crippen LogP contribution in [0.15, 0.2) is 18.2 Å². The highest BCUT2D eigenvalue weighted by atomic mass is 35.5. The zero-order valence-corrected chi connectivity index (χ0v) is 9.50. The predicted molar refractivity (Wildman–Crippen MR) is 57.8 cm³/mol. The van der Waals surface area contributed by atoms with Gasteiger partial charge in [-0.05, 0) is 37.1 Å². The van der Waals surface area contributed by atoms with E-state index in [9.17, 15) is 4.79 Å². The summed E-state index contributed by atoms with van der Waals surface area (Å²) in [6.07, 6.45) is 1.09. The molecule has 0 atom stereocenters. The van der Waals surface area contributed by atoms with Crippen molar-refractivity contribution in [2.45, 2.75) is 26.7 Å². The van der Waals surface area contributed by atoms with Crippen molar-refractivity contribution in [3.63, 3.8) is 0 Å². The van der Waals surface area contributed by atoms with Crippen LogP contribution in [0.25, 0.3) is 0 Å². The normalized spacial score (nSPS) is 9.80. The molecule has 4 heteroatoms. The van der Waals surface area contributed by atoms with Gasteiger partial charge in [-0.25, -0.2) is 4.79 Å². The predicted octanol–water partition coefficient (Wildman–Crippen LogP) is 3.29. The molecule has 0 spiro atoms. The van der Waals surface area contributed by atoms with Crippen molar-refractivity contribution in [3.8, 4) is 5.75 Å². The van der Waals surface area contributed by atoms with Crippen molar-refractivity contribution in [2.24, 2.45) is 0 Å². The average Bonchev–Trinajstić information content (AvgIpc) is 2.17. The maximum atomic E-state index is 11.0. The van der Waals surface area contributed by atoms with E-state index in [1.54, 1.807) is 18.2 Å². The molecule has 1 aromatic carbocycles. The third kappa shape index (κ3) is 3.80. The molecule has 3 nitrogen and oxygen atoms in total. The number of rotatable bonds is 4. The van der Waals surface area contributed by atoms with Gasteiger partial charge < -0.3 is 0 Å². The molecule has 1 aromatic rings. The molecule has 0 amide bonds.